The number of hydrogen-bond donors (Lipinski definition) is 1. The van der Waals surface area contributed by atoms with Gasteiger partial charge in [-0.05, 0) is 18.9 Å². The summed E-state index contributed by atoms with van der Waals surface area (Å²) in [6.45, 7) is 8.09. The van der Waals surface area contributed by atoms with Crippen molar-refractivity contribution in [3.05, 3.63) is 0 Å². The molecule has 15 heavy (non-hydrogen) atoms. The predicted molar refractivity (Wildman–Crippen MR) is 59.8 cm³/mol. The van der Waals surface area contributed by atoms with Crippen molar-refractivity contribution in [2.24, 2.45) is 5.92 Å². The Kier molecular flexibility index (Phi) is 2.63. The number of hydrogen-bond acceptors (Lipinski definition) is 2. The summed E-state index contributed by atoms with van der Waals surface area (Å²) in [4.78, 5) is 16.0. The van der Waals surface area contributed by atoms with Crippen LogP contribution in [0.15, 0.2) is 0 Å². The van der Waals surface area contributed by atoms with Crippen LogP contribution in [0.25, 0.3) is 0 Å². The third-order valence-corrected chi connectivity index (χ3v) is 3.43. The van der Waals surface area contributed by atoms with Gasteiger partial charge in [0.05, 0.1) is 5.54 Å². The molecule has 1 atom stereocenters. The lowest BCUT2D eigenvalue weighted by atomic mass is 9.97. The van der Waals surface area contributed by atoms with E-state index in [4.69, 9.17) is 0 Å². The van der Waals surface area contributed by atoms with Crippen LogP contribution < -0.4 is 5.32 Å². The summed E-state index contributed by atoms with van der Waals surface area (Å²) in [6.07, 6.45) is 1.09. The molecule has 0 saturated carbocycles. The number of carbonyl (C=O) groups is 1. The highest BCUT2D eigenvalue weighted by Gasteiger charge is 2.49. The fraction of sp³-hybridized carbons (Fsp3) is 0.909. The first-order chi connectivity index (χ1) is 7.05. The molecule has 1 N–H and O–H groups in total. The fourth-order valence-corrected chi connectivity index (χ4v) is 2.74. The summed E-state index contributed by atoms with van der Waals surface area (Å²) in [5.41, 5.74) is 0.0795. The van der Waals surface area contributed by atoms with E-state index in [1.165, 1.54) is 0 Å². The summed E-state index contributed by atoms with van der Waals surface area (Å²) in [5.74, 6) is 0.540. The number of nitrogens with one attached hydrogen (secondary N) is 1. The molecule has 2 aliphatic heterocycles. The fourth-order valence-electron chi connectivity index (χ4n) is 2.74. The predicted octanol–water partition coefficient (Wildman–Crippen LogP) is 0.742. The lowest BCUT2D eigenvalue weighted by molar-refractivity contribution is 0.153. The third kappa shape index (κ3) is 1.71. The highest BCUT2D eigenvalue weighted by Crippen LogP contribution is 2.31. The van der Waals surface area contributed by atoms with Crippen molar-refractivity contribution in [3.8, 4) is 0 Å². The molecule has 1 unspecified atom stereocenters. The normalized spacial score (nSPS) is 31.3. The van der Waals surface area contributed by atoms with Crippen molar-refractivity contribution in [3.63, 3.8) is 0 Å². The van der Waals surface area contributed by atoms with E-state index < -0.39 is 0 Å². The van der Waals surface area contributed by atoms with Gasteiger partial charge in [0.2, 0.25) is 0 Å². The molecule has 4 nitrogen and oxygen atoms in total. The van der Waals surface area contributed by atoms with E-state index in [0.717, 1.165) is 32.6 Å². The van der Waals surface area contributed by atoms with Crippen molar-refractivity contribution in [1.29, 1.82) is 0 Å². The number of amides is 2. The van der Waals surface area contributed by atoms with Gasteiger partial charge in [0.15, 0.2) is 0 Å². The molecule has 2 heterocycles. The van der Waals surface area contributed by atoms with Crippen molar-refractivity contribution >= 4 is 6.03 Å². The van der Waals surface area contributed by atoms with Crippen LogP contribution in [0, 0.1) is 5.92 Å². The van der Waals surface area contributed by atoms with Crippen LogP contribution in [-0.2, 0) is 0 Å². The van der Waals surface area contributed by atoms with Crippen LogP contribution in [0.1, 0.15) is 20.3 Å². The average molecular weight is 211 g/mol. The Morgan fingerprint density at radius 2 is 2.27 bits per heavy atom. The molecule has 2 rings (SSSR count). The molecule has 1 spiro atoms. The van der Waals surface area contributed by atoms with E-state index in [1.807, 2.05) is 11.9 Å². The van der Waals surface area contributed by atoms with Gasteiger partial charge in [-0.3, -0.25) is 0 Å². The van der Waals surface area contributed by atoms with E-state index in [0.29, 0.717) is 5.92 Å². The van der Waals surface area contributed by atoms with Gasteiger partial charge in [-0.15, -0.1) is 0 Å². The highest BCUT2D eigenvalue weighted by molar-refractivity contribution is 5.78. The lowest BCUT2D eigenvalue weighted by Crippen LogP contribution is -2.50. The van der Waals surface area contributed by atoms with E-state index in [9.17, 15) is 4.79 Å². The topological polar surface area (TPSA) is 35.6 Å². The van der Waals surface area contributed by atoms with Gasteiger partial charge in [-0.2, -0.15) is 0 Å². The van der Waals surface area contributed by atoms with Gasteiger partial charge >= 0.3 is 6.03 Å². The van der Waals surface area contributed by atoms with E-state index in [-0.39, 0.29) is 11.6 Å². The summed E-state index contributed by atoms with van der Waals surface area (Å²) in [7, 11) is 1.91. The summed E-state index contributed by atoms with van der Waals surface area (Å²) in [6, 6.07) is 0.201. The van der Waals surface area contributed by atoms with Crippen LogP contribution in [0.4, 0.5) is 4.79 Å². The van der Waals surface area contributed by atoms with Crippen LogP contribution >= 0.6 is 0 Å². The molecule has 0 aromatic heterocycles. The highest BCUT2D eigenvalue weighted by atomic mass is 16.2. The molecule has 0 aliphatic carbocycles. The minimum Gasteiger partial charge on any atom is -0.325 e. The van der Waals surface area contributed by atoms with Gasteiger partial charge in [0.25, 0.3) is 0 Å². The minimum absolute atomic E-state index is 0.0795. The first-order valence-electron chi connectivity index (χ1n) is 5.79. The molecular weight excluding hydrogens is 190 g/mol. The largest absolute Gasteiger partial charge is 0.325 e. The molecule has 4 heteroatoms. The summed E-state index contributed by atoms with van der Waals surface area (Å²) in [5, 5.41) is 3.38. The second-order valence-corrected chi connectivity index (χ2v) is 5.29. The lowest BCUT2D eigenvalue weighted by Gasteiger charge is -2.33. The Balaban J connectivity index is 2.18. The van der Waals surface area contributed by atoms with Gasteiger partial charge < -0.3 is 15.1 Å². The summed E-state index contributed by atoms with van der Waals surface area (Å²) < 4.78 is 0. The Morgan fingerprint density at radius 1 is 1.53 bits per heavy atom. The standard InChI is InChI=1S/C11H21N3O/c1-9(2)6-14-10(15)13(3)8-11(14)4-5-12-7-11/h9,12H,4-8H2,1-3H3. The maximum absolute atomic E-state index is 12.0. The zero-order valence-electron chi connectivity index (χ0n) is 9.92. The van der Waals surface area contributed by atoms with Gasteiger partial charge in [0, 0.05) is 26.7 Å². The monoisotopic (exact) mass is 211 g/mol. The van der Waals surface area contributed by atoms with Gasteiger partial charge in [-0.25, -0.2) is 4.79 Å². The van der Waals surface area contributed by atoms with Crippen molar-refractivity contribution in [2.75, 3.05) is 33.2 Å². The summed E-state index contributed by atoms with van der Waals surface area (Å²) >= 11 is 0. The SMILES string of the molecule is CC(C)CN1C(=O)N(C)CC12CCNC2. The van der Waals surface area contributed by atoms with Crippen molar-refractivity contribution in [1.82, 2.24) is 15.1 Å². The second-order valence-electron chi connectivity index (χ2n) is 5.29. The van der Waals surface area contributed by atoms with Crippen LogP contribution in [0.3, 0.4) is 0 Å². The Hall–Kier alpha value is -0.770. The molecule has 2 fully saturated rings. The van der Waals surface area contributed by atoms with Crippen LogP contribution in [-0.4, -0.2) is 54.6 Å². The van der Waals surface area contributed by atoms with Gasteiger partial charge in [-0.1, -0.05) is 13.8 Å². The number of carbonyl (C=O) groups excluding carboxylic acids is 1. The zero-order valence-corrected chi connectivity index (χ0v) is 9.92. The Bertz CT molecular complexity index is 259. The Labute approximate surface area is 91.6 Å². The van der Waals surface area contributed by atoms with Crippen molar-refractivity contribution < 1.29 is 4.79 Å². The smallest absolute Gasteiger partial charge is 0.320 e. The maximum Gasteiger partial charge on any atom is 0.320 e. The molecular formula is C11H21N3O. The number of urea groups is 1. The minimum atomic E-state index is 0.0795. The van der Waals surface area contributed by atoms with E-state index in [1.54, 1.807) is 0 Å². The number of nitrogens with zero attached hydrogens (tertiary/aromatic N) is 2. The first-order valence-corrected chi connectivity index (χ1v) is 5.79. The van der Waals surface area contributed by atoms with Crippen molar-refractivity contribution in [2.45, 2.75) is 25.8 Å². The number of rotatable bonds is 2. The first kappa shape index (κ1) is 10.7. The molecule has 2 amide bonds. The molecule has 0 radical (unpaired) electrons. The van der Waals surface area contributed by atoms with Crippen LogP contribution in [0.5, 0.6) is 0 Å². The van der Waals surface area contributed by atoms with E-state index >= 15 is 0 Å². The number of likely N-dealkylation sites (N-methyl/N-ethyl adjacent to an activating group) is 1. The quantitative estimate of drug-likeness (QED) is 0.731. The second kappa shape index (κ2) is 3.67. The van der Waals surface area contributed by atoms with Crippen LogP contribution in [0.2, 0.25) is 0 Å². The Morgan fingerprint density at radius 3 is 2.80 bits per heavy atom. The van der Waals surface area contributed by atoms with E-state index in [2.05, 4.69) is 24.1 Å². The molecule has 2 saturated heterocycles. The molecule has 0 bridgehead atoms. The third-order valence-electron chi connectivity index (χ3n) is 3.43. The van der Waals surface area contributed by atoms with Gasteiger partial charge in [0.1, 0.15) is 0 Å². The molecule has 0 aromatic rings. The molecule has 0 aromatic carbocycles. The maximum atomic E-state index is 12.0. The average Bonchev–Trinajstić information content (AvgIpc) is 2.69. The zero-order chi connectivity index (χ0) is 11.1. The molecule has 86 valence electrons. The molecule has 2 aliphatic rings.